The summed E-state index contributed by atoms with van der Waals surface area (Å²) in [6.07, 6.45) is 2.27. The van der Waals surface area contributed by atoms with Gasteiger partial charge in [-0.15, -0.1) is 4.91 Å². The molecular weight excluding hydrogens is 373 g/mol. The van der Waals surface area contributed by atoms with Crippen LogP contribution in [0.15, 0.2) is 41.7 Å². The predicted octanol–water partition coefficient (Wildman–Crippen LogP) is 2.85. The fourth-order valence-corrected chi connectivity index (χ4v) is 4.06. The van der Waals surface area contributed by atoms with Crippen molar-refractivity contribution < 1.29 is 9.18 Å². The molecule has 1 aromatic heterocycles. The number of aryl methyl sites for hydroxylation is 1. The summed E-state index contributed by atoms with van der Waals surface area (Å²) < 4.78 is 13.8. The zero-order valence-electron chi connectivity index (χ0n) is 16.4. The summed E-state index contributed by atoms with van der Waals surface area (Å²) in [6, 6.07) is 8.52. The topological polar surface area (TPSA) is 69.1 Å². The Hall–Kier alpha value is -2.87. The summed E-state index contributed by atoms with van der Waals surface area (Å²) >= 11 is 0. The lowest BCUT2D eigenvalue weighted by Gasteiger charge is -2.37. The van der Waals surface area contributed by atoms with Gasteiger partial charge in [0.25, 0.3) is 0 Å². The quantitative estimate of drug-likeness (QED) is 0.726. The number of carbonyl (C=O) groups is 1. The number of nitrogens with zero attached hydrogens (tertiary/aromatic N) is 5. The summed E-state index contributed by atoms with van der Waals surface area (Å²) in [5, 5.41) is 2.87. The van der Waals surface area contributed by atoms with Crippen LogP contribution in [-0.2, 0) is 11.3 Å². The summed E-state index contributed by atoms with van der Waals surface area (Å²) in [5.74, 6) is 0.712. The van der Waals surface area contributed by atoms with Crippen LogP contribution in [0.4, 0.5) is 15.9 Å². The van der Waals surface area contributed by atoms with Gasteiger partial charge in [0, 0.05) is 39.3 Å². The molecule has 1 amide bonds. The van der Waals surface area contributed by atoms with Crippen LogP contribution in [-0.4, -0.2) is 59.5 Å². The molecule has 0 radical (unpaired) electrons. The van der Waals surface area contributed by atoms with E-state index in [0.717, 1.165) is 44.0 Å². The highest BCUT2D eigenvalue weighted by Gasteiger charge is 2.37. The zero-order chi connectivity index (χ0) is 20.4. The number of amides is 1. The molecule has 4 rings (SSSR count). The Morgan fingerprint density at radius 3 is 2.59 bits per heavy atom. The van der Waals surface area contributed by atoms with E-state index >= 15 is 0 Å². The molecule has 1 atom stereocenters. The fraction of sp³-hybridized carbons (Fsp3) is 0.429. The molecule has 1 unspecified atom stereocenters. The molecule has 2 saturated heterocycles. The number of likely N-dealkylation sites (tertiary alicyclic amines) is 1. The summed E-state index contributed by atoms with van der Waals surface area (Å²) in [4.78, 5) is 33.9. The molecule has 152 valence electrons. The molecule has 1 aromatic carbocycles. The van der Waals surface area contributed by atoms with Gasteiger partial charge in [-0.25, -0.2) is 9.37 Å². The van der Waals surface area contributed by atoms with Gasteiger partial charge in [-0.3, -0.25) is 9.69 Å². The number of nitroso groups, excluding NO2 is 1. The van der Waals surface area contributed by atoms with Crippen LogP contribution < -0.4 is 4.90 Å². The molecule has 0 N–H and O–H groups in total. The Labute approximate surface area is 169 Å². The number of hydrogen-bond donors (Lipinski definition) is 0. The SMILES string of the molecule is Cc1ccc(CN2CCC(N3CCN(c4ccc(N=O)cn4)CC3)C2=O)cc1F. The van der Waals surface area contributed by atoms with Crippen LogP contribution in [0.1, 0.15) is 17.5 Å². The minimum atomic E-state index is -0.229. The van der Waals surface area contributed by atoms with E-state index in [1.54, 1.807) is 25.1 Å². The van der Waals surface area contributed by atoms with E-state index in [-0.39, 0.29) is 17.8 Å². The average molecular weight is 397 g/mol. The zero-order valence-corrected chi connectivity index (χ0v) is 16.4. The van der Waals surface area contributed by atoms with Crippen molar-refractivity contribution in [3.8, 4) is 0 Å². The number of aromatic nitrogens is 1. The second-order valence-electron chi connectivity index (χ2n) is 7.64. The number of halogens is 1. The minimum absolute atomic E-state index is 0.109. The number of carbonyl (C=O) groups excluding carboxylic acids is 1. The first kappa shape index (κ1) is 19.4. The molecule has 3 heterocycles. The van der Waals surface area contributed by atoms with Crippen molar-refractivity contribution in [1.29, 1.82) is 0 Å². The molecule has 2 fully saturated rings. The van der Waals surface area contributed by atoms with E-state index in [0.29, 0.717) is 24.3 Å². The van der Waals surface area contributed by atoms with Crippen molar-refractivity contribution in [3.05, 3.63) is 58.4 Å². The maximum atomic E-state index is 13.8. The normalized spacial score (nSPS) is 20.3. The number of benzene rings is 1. The number of piperazine rings is 1. The largest absolute Gasteiger partial charge is 0.354 e. The van der Waals surface area contributed by atoms with E-state index in [1.165, 1.54) is 12.3 Å². The van der Waals surface area contributed by atoms with Crippen LogP contribution in [0, 0.1) is 17.6 Å². The highest BCUT2D eigenvalue weighted by molar-refractivity contribution is 5.84. The third-order valence-corrected chi connectivity index (χ3v) is 5.80. The van der Waals surface area contributed by atoms with Crippen LogP contribution in [0.5, 0.6) is 0 Å². The molecule has 8 heteroatoms. The van der Waals surface area contributed by atoms with Gasteiger partial charge < -0.3 is 9.80 Å². The Kier molecular flexibility index (Phi) is 5.53. The third kappa shape index (κ3) is 4.12. The van der Waals surface area contributed by atoms with Crippen LogP contribution in [0.3, 0.4) is 0 Å². The molecular formula is C21H24FN5O2. The smallest absolute Gasteiger partial charge is 0.240 e. The molecule has 2 aliphatic heterocycles. The maximum Gasteiger partial charge on any atom is 0.240 e. The lowest BCUT2D eigenvalue weighted by atomic mass is 10.1. The first-order valence-electron chi connectivity index (χ1n) is 9.87. The predicted molar refractivity (Wildman–Crippen MR) is 108 cm³/mol. The average Bonchev–Trinajstić information content (AvgIpc) is 3.11. The van der Waals surface area contributed by atoms with Crippen molar-refractivity contribution in [3.63, 3.8) is 0 Å². The first-order chi connectivity index (χ1) is 14.0. The Morgan fingerprint density at radius 1 is 1.14 bits per heavy atom. The molecule has 2 aliphatic rings. The van der Waals surface area contributed by atoms with Gasteiger partial charge in [-0.05, 0) is 47.8 Å². The molecule has 0 spiro atoms. The van der Waals surface area contributed by atoms with Gasteiger partial charge in [0.2, 0.25) is 5.91 Å². The molecule has 29 heavy (non-hydrogen) atoms. The highest BCUT2D eigenvalue weighted by Crippen LogP contribution is 2.23. The van der Waals surface area contributed by atoms with Gasteiger partial charge in [0.15, 0.2) is 0 Å². The van der Waals surface area contributed by atoms with E-state index < -0.39 is 0 Å². The van der Waals surface area contributed by atoms with E-state index in [4.69, 9.17) is 0 Å². The summed E-state index contributed by atoms with van der Waals surface area (Å²) in [6.45, 7) is 5.98. The summed E-state index contributed by atoms with van der Waals surface area (Å²) in [7, 11) is 0. The van der Waals surface area contributed by atoms with Crippen LogP contribution in [0.2, 0.25) is 0 Å². The van der Waals surface area contributed by atoms with Crippen LogP contribution >= 0.6 is 0 Å². The van der Waals surface area contributed by atoms with Crippen LogP contribution in [0.25, 0.3) is 0 Å². The molecule has 0 saturated carbocycles. The second kappa shape index (κ2) is 8.24. The van der Waals surface area contributed by atoms with Gasteiger partial charge in [0.1, 0.15) is 17.3 Å². The third-order valence-electron chi connectivity index (χ3n) is 5.80. The highest BCUT2D eigenvalue weighted by atomic mass is 19.1. The number of pyridine rings is 1. The summed E-state index contributed by atoms with van der Waals surface area (Å²) in [5.41, 5.74) is 1.76. The Balaban J connectivity index is 1.33. The van der Waals surface area contributed by atoms with Gasteiger partial charge in [-0.1, -0.05) is 12.1 Å². The molecule has 0 aliphatic carbocycles. The number of rotatable bonds is 5. The second-order valence-corrected chi connectivity index (χ2v) is 7.64. The fourth-order valence-electron chi connectivity index (χ4n) is 4.06. The molecule has 0 bridgehead atoms. The van der Waals surface area contributed by atoms with Crippen molar-refractivity contribution in [2.45, 2.75) is 25.9 Å². The Morgan fingerprint density at radius 2 is 1.93 bits per heavy atom. The van der Waals surface area contributed by atoms with Crippen molar-refractivity contribution in [2.24, 2.45) is 5.18 Å². The van der Waals surface area contributed by atoms with Gasteiger partial charge in [0.05, 0.1) is 12.2 Å². The number of anilines is 1. The lowest BCUT2D eigenvalue weighted by molar-refractivity contribution is -0.132. The van der Waals surface area contributed by atoms with E-state index in [9.17, 15) is 14.1 Å². The molecule has 7 nitrogen and oxygen atoms in total. The van der Waals surface area contributed by atoms with Gasteiger partial charge in [-0.2, -0.15) is 0 Å². The first-order valence-corrected chi connectivity index (χ1v) is 9.87. The van der Waals surface area contributed by atoms with Crippen molar-refractivity contribution in [1.82, 2.24) is 14.8 Å². The number of hydrogen-bond acceptors (Lipinski definition) is 6. The van der Waals surface area contributed by atoms with Crippen molar-refractivity contribution >= 4 is 17.4 Å². The van der Waals surface area contributed by atoms with Gasteiger partial charge >= 0.3 is 0 Å². The molecule has 2 aromatic rings. The van der Waals surface area contributed by atoms with E-state index in [2.05, 4.69) is 20.0 Å². The maximum absolute atomic E-state index is 13.8. The Bertz CT molecular complexity index is 896. The minimum Gasteiger partial charge on any atom is -0.354 e. The monoisotopic (exact) mass is 397 g/mol. The van der Waals surface area contributed by atoms with Crippen molar-refractivity contribution in [2.75, 3.05) is 37.6 Å². The van der Waals surface area contributed by atoms with E-state index in [1.807, 2.05) is 11.0 Å². The lowest BCUT2D eigenvalue weighted by Crippen LogP contribution is -2.52. The standard InChI is InChI=1S/C21H24FN5O2/c1-15-2-3-16(12-18(15)22)14-27-7-6-19(21(27)28)25-8-10-26(11-9-25)20-5-4-17(24-29)13-23-20/h2-5,12-13,19H,6-11,14H2,1H3.